The molecule has 0 bridgehead atoms. The van der Waals surface area contributed by atoms with Crippen molar-refractivity contribution in [2.75, 3.05) is 9.80 Å². The Balaban J connectivity index is 1.01. The molecule has 2 aromatic heterocycles. The predicted molar refractivity (Wildman–Crippen MR) is 325 cm³/mol. The molecule has 14 rings (SSSR count). The lowest BCUT2D eigenvalue weighted by molar-refractivity contribution is 1.22. The third-order valence-corrected chi connectivity index (χ3v) is 18.3. The van der Waals surface area contributed by atoms with Crippen LogP contribution in [0.2, 0.25) is 0 Å². The van der Waals surface area contributed by atoms with E-state index in [9.17, 15) is 0 Å². The van der Waals surface area contributed by atoms with E-state index in [1.165, 1.54) is 151 Å². The van der Waals surface area contributed by atoms with Gasteiger partial charge in [0.1, 0.15) is 0 Å². The topological polar surface area (TPSA) is 6.48 Å². The maximum Gasteiger partial charge on any atom is 0.0543 e. The van der Waals surface area contributed by atoms with E-state index < -0.39 is 0 Å². The van der Waals surface area contributed by atoms with Gasteiger partial charge < -0.3 is 9.80 Å². The number of para-hydroxylation sites is 2. The summed E-state index contributed by atoms with van der Waals surface area (Å²) in [4.78, 5) is 5.11. The normalized spacial score (nSPS) is 11.9. The zero-order valence-corrected chi connectivity index (χ0v) is 44.0. The van der Waals surface area contributed by atoms with Crippen LogP contribution in [0.1, 0.15) is 33.4 Å². The molecule has 0 atom stereocenters. The molecule has 0 fully saturated rings. The highest BCUT2D eigenvalue weighted by Crippen LogP contribution is 2.53. The summed E-state index contributed by atoms with van der Waals surface area (Å²) in [5, 5.41) is 12.9. The third kappa shape index (κ3) is 6.68. The summed E-state index contributed by atoms with van der Waals surface area (Å²) in [6, 6.07) is 77.1. The molecule has 0 aliphatic rings. The zero-order valence-electron chi connectivity index (χ0n) is 42.3. The molecule has 0 unspecified atom stereocenters. The maximum absolute atomic E-state index is 2.55. The van der Waals surface area contributed by atoms with Gasteiger partial charge in [-0.2, -0.15) is 0 Å². The standard InChI is InChI=1S/C70H52N2S2/c1-41-31-33-51(55-25-17-27-57-53-23-13-15-29-63(53)73-69(55)57)45(5)67(41)71(47-19-9-7-10-20-47)61-39-43(3)49-36-38-60-62(40-44(4)50-35-37-59(61)65(49)66(50)60)72(48-21-11-8-12-22-48)68-42(2)32-34-52(46(68)6)56-26-18-28-58-54-24-14-16-30-64(54)74-70(56)58/h7-40H,1-6H3. The highest BCUT2D eigenvalue weighted by Gasteiger charge is 2.28. The van der Waals surface area contributed by atoms with E-state index in [1.54, 1.807) is 0 Å². The second-order valence-electron chi connectivity index (χ2n) is 20.2. The Kier molecular flexibility index (Phi) is 10.3. The Bertz CT molecular complexity index is 4270. The van der Waals surface area contributed by atoms with Crippen molar-refractivity contribution in [3.8, 4) is 22.3 Å². The van der Waals surface area contributed by atoms with Gasteiger partial charge in [-0.1, -0.05) is 158 Å². The van der Waals surface area contributed by atoms with Gasteiger partial charge in [0.25, 0.3) is 0 Å². The molecular formula is C70H52N2S2. The van der Waals surface area contributed by atoms with E-state index in [0.717, 1.165) is 11.4 Å². The van der Waals surface area contributed by atoms with Crippen molar-refractivity contribution in [3.63, 3.8) is 0 Å². The van der Waals surface area contributed by atoms with E-state index in [1.807, 2.05) is 22.7 Å². The van der Waals surface area contributed by atoms with E-state index in [2.05, 4.69) is 258 Å². The highest BCUT2D eigenvalue weighted by molar-refractivity contribution is 7.26. The number of benzene rings is 12. The second kappa shape index (κ2) is 17.2. The molecule has 0 amide bonds. The molecule has 2 heterocycles. The number of thiophene rings is 2. The van der Waals surface area contributed by atoms with Crippen molar-refractivity contribution in [3.05, 3.63) is 240 Å². The molecule has 2 nitrogen and oxygen atoms in total. The molecule has 74 heavy (non-hydrogen) atoms. The molecule has 12 aromatic carbocycles. The smallest absolute Gasteiger partial charge is 0.0543 e. The van der Waals surface area contributed by atoms with Crippen LogP contribution in [-0.4, -0.2) is 0 Å². The molecule has 4 heteroatoms. The van der Waals surface area contributed by atoms with E-state index in [-0.39, 0.29) is 0 Å². The summed E-state index contributed by atoms with van der Waals surface area (Å²) in [5.41, 5.74) is 19.6. The Morgan fingerprint density at radius 2 is 0.662 bits per heavy atom. The molecule has 0 saturated carbocycles. The van der Waals surface area contributed by atoms with Crippen LogP contribution in [-0.2, 0) is 0 Å². The van der Waals surface area contributed by atoms with Gasteiger partial charge in [0.05, 0.1) is 22.7 Å². The molecule has 354 valence electrons. The van der Waals surface area contributed by atoms with Crippen LogP contribution >= 0.6 is 22.7 Å². The Labute approximate surface area is 440 Å². The minimum absolute atomic E-state index is 1.13. The number of nitrogens with zero attached hydrogens (tertiary/aromatic N) is 2. The molecule has 0 saturated heterocycles. The van der Waals surface area contributed by atoms with E-state index in [0.29, 0.717) is 0 Å². The summed E-state index contributed by atoms with van der Waals surface area (Å²) >= 11 is 3.79. The molecule has 14 aromatic rings. The van der Waals surface area contributed by atoms with Gasteiger partial charge in [0.2, 0.25) is 0 Å². The number of rotatable bonds is 8. The first-order chi connectivity index (χ1) is 36.2. The average molecular weight is 985 g/mol. The van der Waals surface area contributed by atoms with Crippen molar-refractivity contribution in [1.29, 1.82) is 0 Å². The van der Waals surface area contributed by atoms with Crippen LogP contribution in [0, 0.1) is 41.5 Å². The molecular weight excluding hydrogens is 933 g/mol. The Hall–Kier alpha value is -8.28. The lowest BCUT2D eigenvalue weighted by Gasteiger charge is -2.33. The van der Waals surface area contributed by atoms with Gasteiger partial charge in [-0.25, -0.2) is 0 Å². The molecule has 0 N–H and O–H groups in total. The first-order valence-electron chi connectivity index (χ1n) is 25.7. The predicted octanol–water partition coefficient (Wildman–Crippen LogP) is 21.4. The van der Waals surface area contributed by atoms with Gasteiger partial charge in [-0.05, 0) is 167 Å². The van der Waals surface area contributed by atoms with Crippen LogP contribution in [0.3, 0.4) is 0 Å². The van der Waals surface area contributed by atoms with Crippen LogP contribution in [0.5, 0.6) is 0 Å². The molecule has 0 spiro atoms. The van der Waals surface area contributed by atoms with Crippen molar-refractivity contribution in [2.45, 2.75) is 41.5 Å². The Morgan fingerprint density at radius 1 is 0.284 bits per heavy atom. The van der Waals surface area contributed by atoms with Gasteiger partial charge in [0.15, 0.2) is 0 Å². The van der Waals surface area contributed by atoms with Crippen LogP contribution in [0.15, 0.2) is 206 Å². The van der Waals surface area contributed by atoms with Crippen LogP contribution < -0.4 is 9.80 Å². The van der Waals surface area contributed by atoms with Crippen molar-refractivity contribution in [1.82, 2.24) is 0 Å². The first kappa shape index (κ1) is 44.4. The quantitative estimate of drug-likeness (QED) is 0.140. The fourth-order valence-corrected chi connectivity index (χ4v) is 14.9. The third-order valence-electron chi connectivity index (χ3n) is 15.9. The summed E-state index contributed by atoms with van der Waals surface area (Å²) in [6.45, 7) is 13.8. The summed E-state index contributed by atoms with van der Waals surface area (Å²) in [5.74, 6) is 0. The van der Waals surface area contributed by atoms with Gasteiger partial charge in [-0.15, -0.1) is 22.7 Å². The number of hydrogen-bond acceptors (Lipinski definition) is 4. The Morgan fingerprint density at radius 3 is 1.09 bits per heavy atom. The highest BCUT2D eigenvalue weighted by atomic mass is 32.1. The number of aryl methyl sites for hydroxylation is 4. The van der Waals surface area contributed by atoms with Crippen molar-refractivity contribution >= 4 is 129 Å². The van der Waals surface area contributed by atoms with Crippen LogP contribution in [0.4, 0.5) is 34.1 Å². The summed E-state index contributed by atoms with van der Waals surface area (Å²) < 4.78 is 5.30. The lowest BCUT2D eigenvalue weighted by atomic mass is 9.87. The fraction of sp³-hybridized carbons (Fsp3) is 0.0857. The summed E-state index contributed by atoms with van der Waals surface area (Å²) in [6.07, 6.45) is 0. The SMILES string of the molecule is Cc1ccc(-c2cccc3c2sc2ccccc23)c(C)c1N(c1ccccc1)c1cc(C)c2ccc3c(N(c4ccccc4)c4c(C)ccc(-c5cccc6c5sc5ccccc56)c4C)cc(C)c4ccc1c2c43. The first-order valence-corrected chi connectivity index (χ1v) is 27.3. The van der Waals surface area contributed by atoms with Gasteiger partial charge in [-0.3, -0.25) is 0 Å². The second-order valence-corrected chi connectivity index (χ2v) is 22.3. The van der Waals surface area contributed by atoms with Crippen molar-refractivity contribution < 1.29 is 0 Å². The maximum atomic E-state index is 2.55. The van der Waals surface area contributed by atoms with Crippen molar-refractivity contribution in [2.24, 2.45) is 0 Å². The number of fused-ring (bicyclic) bond motifs is 6. The fourth-order valence-electron chi connectivity index (χ4n) is 12.5. The minimum Gasteiger partial charge on any atom is -0.309 e. The molecule has 0 aliphatic carbocycles. The molecule has 0 radical (unpaired) electrons. The largest absolute Gasteiger partial charge is 0.309 e. The monoisotopic (exact) mass is 984 g/mol. The summed E-state index contributed by atoms with van der Waals surface area (Å²) in [7, 11) is 0. The van der Waals surface area contributed by atoms with E-state index >= 15 is 0 Å². The lowest BCUT2D eigenvalue weighted by Crippen LogP contribution is -2.15. The van der Waals surface area contributed by atoms with Gasteiger partial charge in [0, 0.05) is 62.5 Å². The van der Waals surface area contributed by atoms with E-state index in [4.69, 9.17) is 0 Å². The zero-order chi connectivity index (χ0) is 49.9. The van der Waals surface area contributed by atoms with Gasteiger partial charge >= 0.3 is 0 Å². The number of hydrogen-bond donors (Lipinski definition) is 0. The minimum atomic E-state index is 1.13. The number of anilines is 6. The molecule has 0 aliphatic heterocycles. The van der Waals surface area contributed by atoms with Crippen LogP contribution in [0.25, 0.3) is 94.9 Å². The average Bonchev–Trinajstić information content (AvgIpc) is 4.02.